The van der Waals surface area contributed by atoms with Crippen LogP contribution in [0, 0.1) is 0 Å². The van der Waals surface area contributed by atoms with Crippen LogP contribution in [0.3, 0.4) is 0 Å². The molecule has 0 unspecified atom stereocenters. The van der Waals surface area contributed by atoms with Crippen molar-refractivity contribution in [3.05, 3.63) is 53.6 Å². The molecule has 136 valence electrons. The van der Waals surface area contributed by atoms with E-state index in [1.54, 1.807) is 7.11 Å². The van der Waals surface area contributed by atoms with E-state index in [-0.39, 0.29) is 12.1 Å². The smallest absolute Gasteiger partial charge is 0.258 e. The molecule has 0 saturated heterocycles. The zero-order valence-corrected chi connectivity index (χ0v) is 15.2. The normalized spacial score (nSPS) is 18.9. The standard InChI is InChI=1S/C21H24N2O3/c1-3-12-26-19-13-14(8-11-18(19)25-2)20-22-17-7-5-4-6-16(17)21(24)23(20)15-9-10-15/h4-8,11,13,15,20,22H,3,9-10,12H2,1-2H3/t20-/m1/s1. The topological polar surface area (TPSA) is 50.8 Å². The Labute approximate surface area is 153 Å². The first-order chi connectivity index (χ1) is 12.7. The van der Waals surface area contributed by atoms with E-state index in [0.717, 1.165) is 41.8 Å². The summed E-state index contributed by atoms with van der Waals surface area (Å²) in [5.41, 5.74) is 2.63. The molecule has 1 atom stereocenters. The minimum Gasteiger partial charge on any atom is -0.493 e. The van der Waals surface area contributed by atoms with Crippen LogP contribution < -0.4 is 14.8 Å². The molecule has 1 amide bonds. The van der Waals surface area contributed by atoms with Gasteiger partial charge in [-0.15, -0.1) is 0 Å². The zero-order chi connectivity index (χ0) is 18.1. The molecule has 2 aromatic carbocycles. The van der Waals surface area contributed by atoms with Crippen LogP contribution in [0.1, 0.15) is 48.3 Å². The van der Waals surface area contributed by atoms with Crippen LogP contribution >= 0.6 is 0 Å². The van der Waals surface area contributed by atoms with Gasteiger partial charge in [0.05, 0.1) is 19.3 Å². The molecule has 1 aliphatic carbocycles. The van der Waals surface area contributed by atoms with Crippen LogP contribution in [-0.2, 0) is 0 Å². The summed E-state index contributed by atoms with van der Waals surface area (Å²) in [5, 5.41) is 3.54. The van der Waals surface area contributed by atoms with Crippen LogP contribution in [0.5, 0.6) is 11.5 Å². The van der Waals surface area contributed by atoms with Crippen LogP contribution in [-0.4, -0.2) is 30.6 Å². The maximum atomic E-state index is 13.1. The van der Waals surface area contributed by atoms with Crippen molar-refractivity contribution < 1.29 is 14.3 Å². The van der Waals surface area contributed by atoms with E-state index in [9.17, 15) is 4.79 Å². The lowest BCUT2D eigenvalue weighted by Crippen LogP contribution is -2.44. The summed E-state index contributed by atoms with van der Waals surface area (Å²) in [6, 6.07) is 13.9. The molecule has 1 N–H and O–H groups in total. The monoisotopic (exact) mass is 352 g/mol. The summed E-state index contributed by atoms with van der Waals surface area (Å²) >= 11 is 0. The van der Waals surface area contributed by atoms with Crippen molar-refractivity contribution in [1.82, 2.24) is 4.90 Å². The fraction of sp³-hybridized carbons (Fsp3) is 0.381. The van der Waals surface area contributed by atoms with E-state index in [2.05, 4.69) is 12.2 Å². The molecule has 26 heavy (non-hydrogen) atoms. The Hall–Kier alpha value is -2.69. The van der Waals surface area contributed by atoms with Crippen molar-refractivity contribution in [2.75, 3.05) is 19.0 Å². The van der Waals surface area contributed by atoms with Gasteiger partial charge in [-0.05, 0) is 49.1 Å². The second kappa shape index (κ2) is 6.90. The number of hydrogen-bond donors (Lipinski definition) is 1. The summed E-state index contributed by atoms with van der Waals surface area (Å²) in [7, 11) is 1.64. The molecule has 1 fully saturated rings. The quantitative estimate of drug-likeness (QED) is 0.846. The van der Waals surface area contributed by atoms with Gasteiger partial charge in [0.2, 0.25) is 0 Å². The number of nitrogens with one attached hydrogen (secondary N) is 1. The maximum Gasteiger partial charge on any atom is 0.258 e. The molecule has 0 spiro atoms. The second-order valence-corrected chi connectivity index (χ2v) is 6.79. The van der Waals surface area contributed by atoms with Gasteiger partial charge in [-0.25, -0.2) is 0 Å². The van der Waals surface area contributed by atoms with Crippen LogP contribution in [0.15, 0.2) is 42.5 Å². The lowest BCUT2D eigenvalue weighted by Gasteiger charge is -2.38. The van der Waals surface area contributed by atoms with E-state index in [1.165, 1.54) is 0 Å². The number of benzene rings is 2. The van der Waals surface area contributed by atoms with Crippen molar-refractivity contribution in [2.45, 2.75) is 38.4 Å². The van der Waals surface area contributed by atoms with Crippen molar-refractivity contribution >= 4 is 11.6 Å². The Morgan fingerprint density at radius 3 is 2.69 bits per heavy atom. The molecule has 5 heteroatoms. The highest BCUT2D eigenvalue weighted by Gasteiger charge is 2.42. The van der Waals surface area contributed by atoms with Gasteiger partial charge in [-0.1, -0.05) is 25.1 Å². The van der Waals surface area contributed by atoms with E-state index < -0.39 is 0 Å². The molecule has 4 rings (SSSR count). The number of ether oxygens (including phenoxy) is 2. The van der Waals surface area contributed by atoms with Gasteiger partial charge in [0.25, 0.3) is 5.91 Å². The lowest BCUT2D eigenvalue weighted by atomic mass is 10.0. The van der Waals surface area contributed by atoms with Gasteiger partial charge in [-0.2, -0.15) is 0 Å². The first-order valence-electron chi connectivity index (χ1n) is 9.22. The van der Waals surface area contributed by atoms with Crippen molar-refractivity contribution in [1.29, 1.82) is 0 Å². The number of carbonyl (C=O) groups is 1. The molecule has 1 aliphatic heterocycles. The average molecular weight is 352 g/mol. The van der Waals surface area contributed by atoms with Crippen LogP contribution in [0.4, 0.5) is 5.69 Å². The molecule has 5 nitrogen and oxygen atoms in total. The molecule has 2 aromatic rings. The maximum absolute atomic E-state index is 13.1. The predicted octanol–water partition coefficient (Wildman–Crippen LogP) is 4.21. The Morgan fingerprint density at radius 2 is 1.96 bits per heavy atom. The molecular weight excluding hydrogens is 328 g/mol. The second-order valence-electron chi connectivity index (χ2n) is 6.79. The summed E-state index contributed by atoms with van der Waals surface area (Å²) < 4.78 is 11.3. The average Bonchev–Trinajstić information content (AvgIpc) is 3.51. The van der Waals surface area contributed by atoms with Crippen LogP contribution in [0.2, 0.25) is 0 Å². The molecular formula is C21H24N2O3. The Bertz CT molecular complexity index is 817. The predicted molar refractivity (Wildman–Crippen MR) is 101 cm³/mol. The summed E-state index contributed by atoms with van der Waals surface area (Å²) in [5.74, 6) is 1.53. The fourth-order valence-corrected chi connectivity index (χ4v) is 3.43. The summed E-state index contributed by atoms with van der Waals surface area (Å²) in [6.45, 7) is 2.70. The molecule has 0 aromatic heterocycles. The number of hydrogen-bond acceptors (Lipinski definition) is 4. The summed E-state index contributed by atoms with van der Waals surface area (Å²) in [4.78, 5) is 15.1. The number of nitrogens with zero attached hydrogens (tertiary/aromatic N) is 1. The van der Waals surface area contributed by atoms with E-state index >= 15 is 0 Å². The van der Waals surface area contributed by atoms with Gasteiger partial charge in [0.1, 0.15) is 6.17 Å². The summed E-state index contributed by atoms with van der Waals surface area (Å²) in [6.07, 6.45) is 2.85. The number of para-hydroxylation sites is 1. The number of carbonyl (C=O) groups excluding carboxylic acids is 1. The molecule has 1 heterocycles. The molecule has 2 aliphatic rings. The third-order valence-corrected chi connectivity index (χ3v) is 4.87. The van der Waals surface area contributed by atoms with Crippen molar-refractivity contribution in [2.24, 2.45) is 0 Å². The zero-order valence-electron chi connectivity index (χ0n) is 15.2. The highest BCUT2D eigenvalue weighted by Crippen LogP contribution is 2.42. The number of fused-ring (bicyclic) bond motifs is 1. The number of amides is 1. The van der Waals surface area contributed by atoms with Gasteiger partial charge < -0.3 is 19.7 Å². The highest BCUT2D eigenvalue weighted by molar-refractivity contribution is 6.02. The molecule has 0 bridgehead atoms. The Kier molecular flexibility index (Phi) is 4.45. The number of methoxy groups -OCH3 is 1. The third kappa shape index (κ3) is 2.98. The first kappa shape index (κ1) is 16.8. The van der Waals surface area contributed by atoms with Gasteiger partial charge in [-0.3, -0.25) is 4.79 Å². The van der Waals surface area contributed by atoms with Gasteiger partial charge in [0.15, 0.2) is 11.5 Å². The Balaban J connectivity index is 1.72. The van der Waals surface area contributed by atoms with Crippen molar-refractivity contribution in [3.63, 3.8) is 0 Å². The molecule has 1 saturated carbocycles. The first-order valence-corrected chi connectivity index (χ1v) is 9.22. The Morgan fingerprint density at radius 1 is 1.15 bits per heavy atom. The molecule has 0 radical (unpaired) electrons. The highest BCUT2D eigenvalue weighted by atomic mass is 16.5. The lowest BCUT2D eigenvalue weighted by molar-refractivity contribution is 0.0666. The van der Waals surface area contributed by atoms with E-state index in [4.69, 9.17) is 9.47 Å². The minimum absolute atomic E-state index is 0.0960. The third-order valence-electron chi connectivity index (χ3n) is 4.87. The van der Waals surface area contributed by atoms with E-state index in [1.807, 2.05) is 47.4 Å². The minimum atomic E-state index is -0.195. The van der Waals surface area contributed by atoms with Gasteiger partial charge in [0, 0.05) is 11.7 Å². The van der Waals surface area contributed by atoms with Gasteiger partial charge >= 0.3 is 0 Å². The fourth-order valence-electron chi connectivity index (χ4n) is 3.43. The number of anilines is 1. The van der Waals surface area contributed by atoms with E-state index in [0.29, 0.717) is 18.4 Å². The largest absolute Gasteiger partial charge is 0.493 e. The SMILES string of the molecule is CCCOc1cc([C@@H]2Nc3ccccc3C(=O)N2C2CC2)ccc1OC. The van der Waals surface area contributed by atoms with Crippen molar-refractivity contribution in [3.8, 4) is 11.5 Å². The number of rotatable bonds is 6. The van der Waals surface area contributed by atoms with Crippen LogP contribution in [0.25, 0.3) is 0 Å².